The second-order valence-electron chi connectivity index (χ2n) is 5.55. The van der Waals surface area contributed by atoms with Crippen LogP contribution in [0, 0.1) is 0 Å². The van der Waals surface area contributed by atoms with Crippen LogP contribution in [0.5, 0.6) is 0 Å². The van der Waals surface area contributed by atoms with Crippen molar-refractivity contribution in [2.24, 2.45) is 0 Å². The molecule has 20 heavy (non-hydrogen) atoms. The van der Waals surface area contributed by atoms with Crippen LogP contribution in [0.25, 0.3) is 0 Å². The van der Waals surface area contributed by atoms with E-state index >= 15 is 0 Å². The lowest BCUT2D eigenvalue weighted by atomic mass is 10.1. The molecule has 2 fully saturated rings. The molecule has 1 aliphatic carbocycles. The van der Waals surface area contributed by atoms with E-state index in [0.29, 0.717) is 12.6 Å². The van der Waals surface area contributed by atoms with Gasteiger partial charge in [0.15, 0.2) is 0 Å². The summed E-state index contributed by atoms with van der Waals surface area (Å²) in [6, 6.07) is 7.14. The SMILES string of the molecule is OCC1CN(c2ccc(Br)cc2CNC2CC2)CCO1. The molecule has 1 unspecified atom stereocenters. The number of hydrogen-bond donors (Lipinski definition) is 2. The molecule has 0 amide bonds. The largest absolute Gasteiger partial charge is 0.394 e. The molecule has 1 saturated carbocycles. The van der Waals surface area contributed by atoms with Crippen molar-refractivity contribution >= 4 is 21.6 Å². The molecule has 0 aromatic heterocycles. The monoisotopic (exact) mass is 340 g/mol. The number of hydrogen-bond acceptors (Lipinski definition) is 4. The molecule has 1 aromatic rings. The number of ether oxygens (including phenoxy) is 1. The number of halogens is 1. The lowest BCUT2D eigenvalue weighted by Gasteiger charge is -2.35. The van der Waals surface area contributed by atoms with Crippen molar-refractivity contribution in [2.45, 2.75) is 31.5 Å². The maximum atomic E-state index is 9.28. The van der Waals surface area contributed by atoms with Gasteiger partial charge in [-0.15, -0.1) is 0 Å². The summed E-state index contributed by atoms with van der Waals surface area (Å²) in [7, 11) is 0. The summed E-state index contributed by atoms with van der Waals surface area (Å²) in [5.41, 5.74) is 2.56. The van der Waals surface area contributed by atoms with E-state index in [1.165, 1.54) is 24.1 Å². The molecule has 0 bridgehead atoms. The van der Waals surface area contributed by atoms with Crippen LogP contribution >= 0.6 is 15.9 Å². The first kappa shape index (κ1) is 14.3. The van der Waals surface area contributed by atoms with E-state index in [-0.39, 0.29) is 12.7 Å². The first-order valence-electron chi connectivity index (χ1n) is 7.25. The highest BCUT2D eigenvalue weighted by molar-refractivity contribution is 9.10. The zero-order valence-electron chi connectivity index (χ0n) is 11.5. The van der Waals surface area contributed by atoms with Crippen molar-refractivity contribution < 1.29 is 9.84 Å². The highest BCUT2D eigenvalue weighted by atomic mass is 79.9. The van der Waals surface area contributed by atoms with Gasteiger partial charge in [0.05, 0.1) is 19.3 Å². The fraction of sp³-hybridized carbons (Fsp3) is 0.600. The molecular formula is C15H21BrN2O2. The normalized spacial score (nSPS) is 23.1. The highest BCUT2D eigenvalue weighted by Gasteiger charge is 2.24. The van der Waals surface area contributed by atoms with Crippen LogP contribution in [-0.4, -0.2) is 43.6 Å². The minimum atomic E-state index is -0.0726. The summed E-state index contributed by atoms with van der Waals surface area (Å²) in [5, 5.41) is 12.9. The van der Waals surface area contributed by atoms with Gasteiger partial charge in [-0.2, -0.15) is 0 Å². The summed E-state index contributed by atoms with van der Waals surface area (Å²) in [5.74, 6) is 0. The number of benzene rings is 1. The number of rotatable bonds is 5. The van der Waals surface area contributed by atoms with Crippen LogP contribution in [0.4, 0.5) is 5.69 Å². The number of anilines is 1. The van der Waals surface area contributed by atoms with Gasteiger partial charge in [0.2, 0.25) is 0 Å². The van der Waals surface area contributed by atoms with Crippen LogP contribution < -0.4 is 10.2 Å². The Morgan fingerprint density at radius 2 is 2.25 bits per heavy atom. The quantitative estimate of drug-likeness (QED) is 0.859. The Morgan fingerprint density at radius 3 is 3.00 bits per heavy atom. The number of nitrogens with zero attached hydrogens (tertiary/aromatic N) is 1. The van der Waals surface area contributed by atoms with Crippen LogP contribution in [-0.2, 0) is 11.3 Å². The van der Waals surface area contributed by atoms with E-state index in [1.807, 2.05) is 0 Å². The van der Waals surface area contributed by atoms with E-state index in [0.717, 1.165) is 24.1 Å². The third-order valence-electron chi connectivity index (χ3n) is 3.88. The molecule has 1 saturated heterocycles. The maximum absolute atomic E-state index is 9.28. The summed E-state index contributed by atoms with van der Waals surface area (Å²) in [6.45, 7) is 3.31. The Bertz CT molecular complexity index is 465. The molecule has 1 atom stereocenters. The van der Waals surface area contributed by atoms with Gasteiger partial charge in [-0.1, -0.05) is 15.9 Å². The average Bonchev–Trinajstić information content (AvgIpc) is 3.29. The summed E-state index contributed by atoms with van der Waals surface area (Å²) in [4.78, 5) is 2.32. The highest BCUT2D eigenvalue weighted by Crippen LogP contribution is 2.27. The van der Waals surface area contributed by atoms with Crippen molar-refractivity contribution in [3.8, 4) is 0 Å². The van der Waals surface area contributed by atoms with Gasteiger partial charge < -0.3 is 20.1 Å². The molecule has 0 spiro atoms. The van der Waals surface area contributed by atoms with E-state index < -0.39 is 0 Å². The third kappa shape index (κ3) is 3.52. The molecule has 4 nitrogen and oxygen atoms in total. The smallest absolute Gasteiger partial charge is 0.0980 e. The van der Waals surface area contributed by atoms with Gasteiger partial charge in [-0.05, 0) is 36.6 Å². The molecule has 2 N–H and O–H groups in total. The lowest BCUT2D eigenvalue weighted by molar-refractivity contribution is 0.00352. The van der Waals surface area contributed by atoms with Crippen LogP contribution in [0.2, 0.25) is 0 Å². The molecule has 1 heterocycles. The predicted octanol–water partition coefficient (Wildman–Crippen LogP) is 1.90. The van der Waals surface area contributed by atoms with Crippen LogP contribution in [0.15, 0.2) is 22.7 Å². The standard InChI is InChI=1S/C15H21BrN2O2/c16-12-1-4-15(11(7-12)8-17-13-2-3-13)18-5-6-20-14(9-18)10-19/h1,4,7,13-14,17,19H,2-3,5-6,8-10H2. The van der Waals surface area contributed by atoms with Crippen molar-refractivity contribution in [1.82, 2.24) is 5.32 Å². The van der Waals surface area contributed by atoms with Crippen LogP contribution in [0.3, 0.4) is 0 Å². The minimum absolute atomic E-state index is 0.0726. The van der Waals surface area contributed by atoms with Gasteiger partial charge in [-0.25, -0.2) is 0 Å². The second kappa shape index (κ2) is 6.43. The Balaban J connectivity index is 1.75. The minimum Gasteiger partial charge on any atom is -0.394 e. The molecule has 5 heteroatoms. The molecule has 110 valence electrons. The van der Waals surface area contributed by atoms with Gasteiger partial charge in [0, 0.05) is 35.8 Å². The molecule has 2 aliphatic rings. The van der Waals surface area contributed by atoms with Gasteiger partial charge in [-0.3, -0.25) is 0 Å². The zero-order valence-corrected chi connectivity index (χ0v) is 13.1. The van der Waals surface area contributed by atoms with Crippen molar-refractivity contribution in [3.05, 3.63) is 28.2 Å². The van der Waals surface area contributed by atoms with E-state index in [1.54, 1.807) is 0 Å². The first-order valence-corrected chi connectivity index (χ1v) is 8.05. The Kier molecular flexibility index (Phi) is 4.61. The Morgan fingerprint density at radius 1 is 1.40 bits per heavy atom. The fourth-order valence-electron chi connectivity index (χ4n) is 2.59. The third-order valence-corrected chi connectivity index (χ3v) is 4.38. The maximum Gasteiger partial charge on any atom is 0.0980 e. The predicted molar refractivity (Wildman–Crippen MR) is 83.0 cm³/mol. The lowest BCUT2D eigenvalue weighted by Crippen LogP contribution is -2.44. The Hall–Kier alpha value is -0.620. The van der Waals surface area contributed by atoms with Crippen molar-refractivity contribution in [1.29, 1.82) is 0 Å². The molecule has 3 rings (SSSR count). The zero-order chi connectivity index (χ0) is 13.9. The summed E-state index contributed by atoms with van der Waals surface area (Å²) >= 11 is 3.56. The Labute approximate surface area is 128 Å². The number of aliphatic hydroxyl groups is 1. The van der Waals surface area contributed by atoms with Gasteiger partial charge in [0.25, 0.3) is 0 Å². The van der Waals surface area contributed by atoms with Crippen molar-refractivity contribution in [2.75, 3.05) is 31.2 Å². The number of morpholine rings is 1. The fourth-order valence-corrected chi connectivity index (χ4v) is 3.00. The van der Waals surface area contributed by atoms with E-state index in [9.17, 15) is 5.11 Å². The van der Waals surface area contributed by atoms with Gasteiger partial charge >= 0.3 is 0 Å². The summed E-state index contributed by atoms with van der Waals surface area (Å²) < 4.78 is 6.65. The molecular weight excluding hydrogens is 320 g/mol. The second-order valence-corrected chi connectivity index (χ2v) is 6.47. The molecule has 1 aromatic carbocycles. The summed E-state index contributed by atoms with van der Waals surface area (Å²) in [6.07, 6.45) is 2.53. The first-order chi connectivity index (χ1) is 9.76. The van der Waals surface area contributed by atoms with E-state index in [4.69, 9.17) is 4.74 Å². The topological polar surface area (TPSA) is 44.7 Å². The average molecular weight is 341 g/mol. The molecule has 1 aliphatic heterocycles. The molecule has 0 radical (unpaired) electrons. The number of nitrogens with one attached hydrogen (secondary N) is 1. The van der Waals surface area contributed by atoms with Gasteiger partial charge in [0.1, 0.15) is 0 Å². The van der Waals surface area contributed by atoms with Crippen LogP contribution in [0.1, 0.15) is 18.4 Å². The number of aliphatic hydroxyl groups excluding tert-OH is 1. The van der Waals surface area contributed by atoms with Crippen molar-refractivity contribution in [3.63, 3.8) is 0 Å². The van der Waals surface area contributed by atoms with E-state index in [2.05, 4.69) is 44.3 Å².